The van der Waals surface area contributed by atoms with Crippen molar-refractivity contribution in [1.29, 1.82) is 0 Å². The van der Waals surface area contributed by atoms with Gasteiger partial charge in [0.05, 0.1) is 0 Å². The number of rotatable bonds is 7. The van der Waals surface area contributed by atoms with E-state index in [-0.39, 0.29) is 11.9 Å². The van der Waals surface area contributed by atoms with Crippen molar-refractivity contribution in [3.8, 4) is 0 Å². The summed E-state index contributed by atoms with van der Waals surface area (Å²) in [6.07, 6.45) is 1.08. The van der Waals surface area contributed by atoms with Gasteiger partial charge in [0.2, 0.25) is 0 Å². The van der Waals surface area contributed by atoms with E-state index in [2.05, 4.69) is 24.1 Å². The summed E-state index contributed by atoms with van der Waals surface area (Å²) in [6.45, 7) is 8.31. The second-order valence-corrected chi connectivity index (χ2v) is 5.14. The Labute approximate surface area is 110 Å². The Kier molecular flexibility index (Phi) is 6.30. The van der Waals surface area contributed by atoms with Crippen LogP contribution in [0.1, 0.15) is 38.8 Å². The maximum atomic E-state index is 13.7. The van der Waals surface area contributed by atoms with Gasteiger partial charge >= 0.3 is 0 Å². The Morgan fingerprint density at radius 2 is 1.89 bits per heavy atom. The highest BCUT2D eigenvalue weighted by atomic mass is 19.1. The van der Waals surface area contributed by atoms with Crippen molar-refractivity contribution in [3.63, 3.8) is 0 Å². The smallest absolute Gasteiger partial charge is 0.127 e. The molecule has 0 radical (unpaired) electrons. The predicted octanol–water partition coefficient (Wildman–Crippen LogP) is 3.21. The van der Waals surface area contributed by atoms with Crippen LogP contribution in [0.4, 0.5) is 4.39 Å². The normalized spacial score (nSPS) is 13.3. The number of halogens is 1. The average Bonchev–Trinajstić information content (AvgIpc) is 2.34. The molecule has 1 rings (SSSR count). The second-order valence-electron chi connectivity index (χ2n) is 5.14. The van der Waals surface area contributed by atoms with Crippen LogP contribution in [0.3, 0.4) is 0 Å². The van der Waals surface area contributed by atoms with Crippen molar-refractivity contribution in [2.45, 2.75) is 39.3 Å². The van der Waals surface area contributed by atoms with E-state index in [1.54, 1.807) is 6.07 Å². The van der Waals surface area contributed by atoms with Crippen LogP contribution in [0.15, 0.2) is 24.3 Å². The van der Waals surface area contributed by atoms with E-state index in [9.17, 15) is 4.39 Å². The van der Waals surface area contributed by atoms with Crippen molar-refractivity contribution < 1.29 is 4.39 Å². The SMILES string of the molecule is CC(C)NCCCN(C)C(C)c1ccccc1F. The van der Waals surface area contributed by atoms with Crippen molar-refractivity contribution in [2.24, 2.45) is 0 Å². The Morgan fingerprint density at radius 3 is 2.50 bits per heavy atom. The number of benzene rings is 1. The van der Waals surface area contributed by atoms with E-state index in [1.165, 1.54) is 6.07 Å². The molecule has 0 aliphatic carbocycles. The molecule has 0 heterocycles. The molecule has 0 aliphatic heterocycles. The van der Waals surface area contributed by atoms with Gasteiger partial charge in [0.15, 0.2) is 0 Å². The highest BCUT2D eigenvalue weighted by Gasteiger charge is 2.14. The largest absolute Gasteiger partial charge is 0.314 e. The van der Waals surface area contributed by atoms with Crippen LogP contribution in [0.5, 0.6) is 0 Å². The summed E-state index contributed by atoms with van der Waals surface area (Å²) >= 11 is 0. The Bertz CT molecular complexity index is 352. The number of hydrogen-bond acceptors (Lipinski definition) is 2. The molecular weight excluding hydrogens is 227 g/mol. The van der Waals surface area contributed by atoms with Gasteiger partial charge in [-0.25, -0.2) is 4.39 Å². The summed E-state index contributed by atoms with van der Waals surface area (Å²) in [6, 6.07) is 7.66. The molecule has 102 valence electrons. The van der Waals surface area contributed by atoms with E-state index in [4.69, 9.17) is 0 Å². The van der Waals surface area contributed by atoms with Crippen LogP contribution in [0.25, 0.3) is 0 Å². The van der Waals surface area contributed by atoms with Crippen LogP contribution in [0.2, 0.25) is 0 Å². The highest BCUT2D eigenvalue weighted by molar-refractivity contribution is 5.20. The maximum Gasteiger partial charge on any atom is 0.127 e. The third-order valence-corrected chi connectivity index (χ3v) is 3.26. The van der Waals surface area contributed by atoms with Gasteiger partial charge < -0.3 is 5.32 Å². The monoisotopic (exact) mass is 252 g/mol. The molecule has 0 saturated carbocycles. The Hall–Kier alpha value is -0.930. The lowest BCUT2D eigenvalue weighted by Gasteiger charge is -2.25. The molecule has 2 nitrogen and oxygen atoms in total. The lowest BCUT2D eigenvalue weighted by molar-refractivity contribution is 0.251. The molecule has 3 heteroatoms. The summed E-state index contributed by atoms with van der Waals surface area (Å²) in [5.74, 6) is -0.114. The van der Waals surface area contributed by atoms with E-state index >= 15 is 0 Å². The molecule has 1 unspecified atom stereocenters. The molecule has 1 aromatic rings. The van der Waals surface area contributed by atoms with Crippen molar-refractivity contribution in [3.05, 3.63) is 35.6 Å². The molecule has 0 bridgehead atoms. The summed E-state index contributed by atoms with van der Waals surface area (Å²) in [4.78, 5) is 2.19. The van der Waals surface area contributed by atoms with Crippen LogP contribution in [-0.2, 0) is 0 Å². The topological polar surface area (TPSA) is 15.3 Å². The molecule has 0 aromatic heterocycles. The molecule has 1 aromatic carbocycles. The third-order valence-electron chi connectivity index (χ3n) is 3.26. The molecule has 0 fully saturated rings. The Morgan fingerprint density at radius 1 is 1.22 bits per heavy atom. The zero-order chi connectivity index (χ0) is 13.5. The molecule has 0 aliphatic rings. The summed E-state index contributed by atoms with van der Waals surface area (Å²) < 4.78 is 13.7. The fourth-order valence-corrected chi connectivity index (χ4v) is 1.96. The first-order valence-electron chi connectivity index (χ1n) is 6.70. The Balaban J connectivity index is 2.42. The van der Waals surface area contributed by atoms with E-state index in [1.807, 2.05) is 26.1 Å². The molecule has 1 N–H and O–H groups in total. The number of nitrogens with one attached hydrogen (secondary N) is 1. The molecule has 1 atom stereocenters. The molecule has 18 heavy (non-hydrogen) atoms. The van der Waals surface area contributed by atoms with Crippen LogP contribution < -0.4 is 5.32 Å². The van der Waals surface area contributed by atoms with Crippen LogP contribution in [-0.4, -0.2) is 31.1 Å². The van der Waals surface area contributed by atoms with Crippen molar-refractivity contribution in [1.82, 2.24) is 10.2 Å². The molecule has 0 saturated heterocycles. The van der Waals surface area contributed by atoms with Crippen molar-refractivity contribution in [2.75, 3.05) is 20.1 Å². The standard InChI is InChI=1S/C15H25FN2/c1-12(2)17-10-7-11-18(4)13(3)14-8-5-6-9-15(14)16/h5-6,8-9,12-13,17H,7,10-11H2,1-4H3. The highest BCUT2D eigenvalue weighted by Crippen LogP contribution is 2.21. The average molecular weight is 252 g/mol. The fraction of sp³-hybridized carbons (Fsp3) is 0.600. The minimum atomic E-state index is -0.114. The minimum Gasteiger partial charge on any atom is -0.314 e. The quantitative estimate of drug-likeness (QED) is 0.750. The molecule has 0 amide bonds. The fourth-order valence-electron chi connectivity index (χ4n) is 1.96. The summed E-state index contributed by atoms with van der Waals surface area (Å²) in [5, 5.41) is 3.39. The first-order chi connectivity index (χ1) is 8.52. The minimum absolute atomic E-state index is 0.114. The molecular formula is C15H25FN2. The lowest BCUT2D eigenvalue weighted by Crippen LogP contribution is -2.29. The summed E-state index contributed by atoms with van der Waals surface area (Å²) in [7, 11) is 2.05. The van der Waals surface area contributed by atoms with E-state index < -0.39 is 0 Å². The predicted molar refractivity (Wildman–Crippen MR) is 75.2 cm³/mol. The van der Waals surface area contributed by atoms with Gasteiger partial charge in [-0.05, 0) is 39.5 Å². The number of nitrogens with zero attached hydrogens (tertiary/aromatic N) is 1. The lowest BCUT2D eigenvalue weighted by atomic mass is 10.1. The first-order valence-corrected chi connectivity index (χ1v) is 6.70. The van der Waals surface area contributed by atoms with Gasteiger partial charge in [0.25, 0.3) is 0 Å². The van der Waals surface area contributed by atoms with Gasteiger partial charge in [-0.2, -0.15) is 0 Å². The van der Waals surface area contributed by atoms with E-state index in [0.717, 1.165) is 25.1 Å². The van der Waals surface area contributed by atoms with Crippen molar-refractivity contribution >= 4 is 0 Å². The maximum absolute atomic E-state index is 13.7. The zero-order valence-electron chi connectivity index (χ0n) is 11.9. The van der Waals surface area contributed by atoms with E-state index in [0.29, 0.717) is 6.04 Å². The van der Waals surface area contributed by atoms with Gasteiger partial charge in [0, 0.05) is 17.6 Å². The van der Waals surface area contributed by atoms with Gasteiger partial charge in [-0.1, -0.05) is 32.0 Å². The summed E-state index contributed by atoms with van der Waals surface area (Å²) in [5.41, 5.74) is 0.775. The third kappa shape index (κ3) is 4.75. The van der Waals surface area contributed by atoms with Crippen LogP contribution in [0, 0.1) is 5.82 Å². The second kappa shape index (κ2) is 7.49. The van der Waals surface area contributed by atoms with Gasteiger partial charge in [-0.15, -0.1) is 0 Å². The number of hydrogen-bond donors (Lipinski definition) is 1. The molecule has 0 spiro atoms. The van der Waals surface area contributed by atoms with Crippen LogP contribution >= 0.6 is 0 Å². The zero-order valence-corrected chi connectivity index (χ0v) is 11.9. The first kappa shape index (κ1) is 15.1. The van der Waals surface area contributed by atoms with Gasteiger partial charge in [-0.3, -0.25) is 4.90 Å². The van der Waals surface area contributed by atoms with Gasteiger partial charge in [0.1, 0.15) is 5.82 Å².